The van der Waals surface area contributed by atoms with Crippen LogP contribution in [0, 0.1) is 10.1 Å². The zero-order valence-corrected chi connectivity index (χ0v) is 16.2. The molecule has 0 spiro atoms. The predicted molar refractivity (Wildman–Crippen MR) is 111 cm³/mol. The molecule has 2 aromatic carbocycles. The maximum atomic E-state index is 10.9. The maximum absolute atomic E-state index is 10.9. The van der Waals surface area contributed by atoms with Crippen LogP contribution < -0.4 is 21.1 Å². The molecule has 148 valence electrons. The van der Waals surface area contributed by atoms with Crippen LogP contribution in [0.15, 0.2) is 58.5 Å². The quantitative estimate of drug-likeness (QED) is 0.581. The Kier molecular flexibility index (Phi) is 6.09. The molecule has 4 N–H and O–H groups in total. The van der Waals surface area contributed by atoms with E-state index in [0.717, 1.165) is 5.69 Å². The Morgan fingerprint density at radius 2 is 1.89 bits per heavy atom. The molecule has 9 nitrogen and oxygen atoms in total. The molecule has 0 aromatic heterocycles. The highest BCUT2D eigenvalue weighted by Gasteiger charge is 2.33. The highest BCUT2D eigenvalue weighted by Crippen LogP contribution is 2.30. The molecular weight excluding hydrogens is 384 g/mol. The number of hydrogen-bond acceptors (Lipinski definition) is 8. The summed E-state index contributed by atoms with van der Waals surface area (Å²) in [5.41, 5.74) is 12.5. The fraction of sp³-hybridized carbons (Fsp3) is 0.222. The minimum atomic E-state index is -0.700. The zero-order chi connectivity index (χ0) is 19.6. The van der Waals surface area contributed by atoms with Gasteiger partial charge < -0.3 is 16.2 Å². The second-order valence-electron chi connectivity index (χ2n) is 6.48. The molecule has 1 heterocycles. The number of nitro benzene ring substituents is 1. The van der Waals surface area contributed by atoms with Crippen molar-refractivity contribution in [3.05, 3.63) is 64.2 Å². The van der Waals surface area contributed by atoms with E-state index in [-0.39, 0.29) is 36.6 Å². The molecular formula is C18H21ClN6O3. The molecule has 0 radical (unpaired) electrons. The molecule has 0 saturated carbocycles. The third-order valence-corrected chi connectivity index (χ3v) is 4.00. The molecule has 28 heavy (non-hydrogen) atoms. The van der Waals surface area contributed by atoms with Crippen molar-refractivity contribution in [3.63, 3.8) is 0 Å². The summed E-state index contributed by atoms with van der Waals surface area (Å²) in [6.45, 7) is 3.94. The second-order valence-corrected chi connectivity index (χ2v) is 6.48. The van der Waals surface area contributed by atoms with E-state index in [1.807, 2.05) is 26.0 Å². The van der Waals surface area contributed by atoms with Crippen molar-refractivity contribution < 1.29 is 9.66 Å². The smallest absolute Gasteiger partial charge is 0.269 e. The van der Waals surface area contributed by atoms with Crippen LogP contribution in [-0.2, 0) is 6.61 Å². The van der Waals surface area contributed by atoms with Crippen molar-refractivity contribution in [1.82, 2.24) is 0 Å². The normalized spacial score (nSPS) is 15.1. The number of non-ortho nitro benzene ring substituents is 1. The Morgan fingerprint density at radius 1 is 1.18 bits per heavy atom. The number of rotatable bonds is 5. The molecule has 1 aliphatic heterocycles. The van der Waals surface area contributed by atoms with E-state index < -0.39 is 10.6 Å². The van der Waals surface area contributed by atoms with Gasteiger partial charge in [-0.05, 0) is 31.5 Å². The minimum Gasteiger partial charge on any atom is -0.489 e. The van der Waals surface area contributed by atoms with Gasteiger partial charge in [0.15, 0.2) is 0 Å². The summed E-state index contributed by atoms with van der Waals surface area (Å²) in [6.07, 6.45) is 0. The van der Waals surface area contributed by atoms with Gasteiger partial charge in [0.2, 0.25) is 11.9 Å². The van der Waals surface area contributed by atoms with Gasteiger partial charge in [0, 0.05) is 23.9 Å². The number of nitrogens with zero attached hydrogens (tertiary/aromatic N) is 4. The van der Waals surface area contributed by atoms with Gasteiger partial charge in [-0.2, -0.15) is 4.99 Å². The van der Waals surface area contributed by atoms with E-state index in [2.05, 4.69) is 9.98 Å². The van der Waals surface area contributed by atoms with Gasteiger partial charge in [0.25, 0.3) is 5.69 Å². The van der Waals surface area contributed by atoms with Crippen LogP contribution in [-0.4, -0.2) is 22.5 Å². The Labute approximate surface area is 168 Å². The fourth-order valence-corrected chi connectivity index (χ4v) is 2.89. The van der Waals surface area contributed by atoms with Gasteiger partial charge in [-0.15, -0.1) is 12.4 Å². The lowest BCUT2D eigenvalue weighted by Crippen LogP contribution is -2.54. The lowest BCUT2D eigenvalue weighted by molar-refractivity contribution is -0.384. The summed E-state index contributed by atoms with van der Waals surface area (Å²) < 4.78 is 5.79. The zero-order valence-electron chi connectivity index (χ0n) is 15.4. The third kappa shape index (κ3) is 4.49. The van der Waals surface area contributed by atoms with Crippen molar-refractivity contribution >= 4 is 35.7 Å². The van der Waals surface area contributed by atoms with Crippen LogP contribution in [0.3, 0.4) is 0 Å². The van der Waals surface area contributed by atoms with Gasteiger partial charge >= 0.3 is 0 Å². The first kappa shape index (κ1) is 21.0. The molecule has 0 bridgehead atoms. The second kappa shape index (κ2) is 8.13. The van der Waals surface area contributed by atoms with Crippen LogP contribution in [0.25, 0.3) is 0 Å². The number of guanidine groups is 2. The van der Waals surface area contributed by atoms with E-state index in [1.54, 1.807) is 29.2 Å². The number of hydrogen-bond donors (Lipinski definition) is 2. The monoisotopic (exact) mass is 404 g/mol. The summed E-state index contributed by atoms with van der Waals surface area (Å²) in [5, 5.41) is 10.9. The van der Waals surface area contributed by atoms with E-state index in [4.69, 9.17) is 16.2 Å². The van der Waals surface area contributed by atoms with Crippen LogP contribution >= 0.6 is 12.4 Å². The highest BCUT2D eigenvalue weighted by atomic mass is 35.5. The predicted octanol–water partition coefficient (Wildman–Crippen LogP) is 2.78. The number of halogens is 1. The van der Waals surface area contributed by atoms with Gasteiger partial charge in [0.05, 0.1) is 4.92 Å². The molecule has 0 fully saturated rings. The average molecular weight is 405 g/mol. The summed E-state index contributed by atoms with van der Waals surface area (Å²) in [6, 6.07) is 13.6. The molecule has 3 rings (SSSR count). The van der Waals surface area contributed by atoms with E-state index in [9.17, 15) is 10.1 Å². The van der Waals surface area contributed by atoms with Crippen LogP contribution in [0.4, 0.5) is 11.4 Å². The van der Waals surface area contributed by atoms with Gasteiger partial charge in [0.1, 0.15) is 18.0 Å². The van der Waals surface area contributed by atoms with Crippen molar-refractivity contribution in [2.45, 2.75) is 26.1 Å². The van der Waals surface area contributed by atoms with Crippen LogP contribution in [0.5, 0.6) is 5.75 Å². The van der Waals surface area contributed by atoms with Gasteiger partial charge in [-0.25, -0.2) is 4.99 Å². The molecule has 10 heteroatoms. The molecule has 2 aromatic rings. The van der Waals surface area contributed by atoms with E-state index >= 15 is 0 Å². The Balaban J connectivity index is 0.00000280. The van der Waals surface area contributed by atoms with Crippen molar-refractivity contribution in [3.8, 4) is 5.75 Å². The Hall–Kier alpha value is -3.33. The Morgan fingerprint density at radius 3 is 2.57 bits per heavy atom. The third-order valence-electron chi connectivity index (χ3n) is 4.00. The lowest BCUT2D eigenvalue weighted by atomic mass is 10.1. The number of benzene rings is 2. The molecule has 0 aliphatic carbocycles. The Bertz CT molecular complexity index is 944. The number of ether oxygens (including phenoxy) is 1. The fourth-order valence-electron chi connectivity index (χ4n) is 2.89. The molecule has 0 unspecified atom stereocenters. The number of nitrogens with two attached hydrogens (primary N) is 2. The average Bonchev–Trinajstić information content (AvgIpc) is 2.59. The first-order chi connectivity index (χ1) is 12.8. The first-order valence-corrected chi connectivity index (χ1v) is 8.22. The SMILES string of the molecule is CC1(C)N=C(N)N=C(N)N1c1cccc(OCc2cccc([N+](=O)[O-])c2)c1.Cl. The van der Waals surface area contributed by atoms with Crippen LogP contribution in [0.2, 0.25) is 0 Å². The number of anilines is 1. The molecule has 0 saturated heterocycles. The standard InChI is InChI=1S/C18H20N6O3.ClH/c1-18(2)22-16(19)21-17(20)23(18)13-6-4-8-15(10-13)27-11-12-5-3-7-14(9-12)24(25)26;/h3-10H,11H2,1-2H3,(H4,19,20,21,22);1H. The molecule has 0 amide bonds. The summed E-state index contributed by atoms with van der Waals surface area (Å²) in [4.78, 5) is 20.5. The van der Waals surface area contributed by atoms with E-state index in [1.165, 1.54) is 12.1 Å². The number of aliphatic imine (C=N–C) groups is 2. The topological polar surface area (TPSA) is 132 Å². The first-order valence-electron chi connectivity index (χ1n) is 8.22. The van der Waals surface area contributed by atoms with Gasteiger partial charge in [-0.3, -0.25) is 15.0 Å². The highest BCUT2D eigenvalue weighted by molar-refractivity contribution is 6.05. The van der Waals surface area contributed by atoms with Gasteiger partial charge in [-0.1, -0.05) is 18.2 Å². The maximum Gasteiger partial charge on any atom is 0.269 e. The van der Waals surface area contributed by atoms with Crippen molar-refractivity contribution in [2.24, 2.45) is 21.5 Å². The summed E-state index contributed by atoms with van der Waals surface area (Å²) >= 11 is 0. The molecule has 0 atom stereocenters. The van der Waals surface area contributed by atoms with Crippen LogP contribution in [0.1, 0.15) is 19.4 Å². The lowest BCUT2D eigenvalue weighted by Gasteiger charge is -2.38. The summed E-state index contributed by atoms with van der Waals surface area (Å²) in [5.74, 6) is 0.959. The minimum absolute atomic E-state index is 0. The largest absolute Gasteiger partial charge is 0.489 e. The van der Waals surface area contributed by atoms with Crippen molar-refractivity contribution in [1.29, 1.82) is 0 Å². The summed E-state index contributed by atoms with van der Waals surface area (Å²) in [7, 11) is 0. The molecule has 1 aliphatic rings. The van der Waals surface area contributed by atoms with Crippen molar-refractivity contribution in [2.75, 3.05) is 4.90 Å². The van der Waals surface area contributed by atoms with E-state index in [0.29, 0.717) is 11.3 Å². The number of nitro groups is 1.